The van der Waals surface area contributed by atoms with E-state index in [9.17, 15) is 18.8 Å². The van der Waals surface area contributed by atoms with E-state index in [0.29, 0.717) is 17.1 Å². The summed E-state index contributed by atoms with van der Waals surface area (Å²) in [6.07, 6.45) is -2.28. The molecular weight excluding hydrogens is 376 g/mol. The molecule has 3 unspecified atom stereocenters. The minimum atomic E-state index is -1.85. The normalized spacial score (nSPS) is 13.7. The summed E-state index contributed by atoms with van der Waals surface area (Å²) in [5.74, 6) is -1.33. The highest BCUT2D eigenvalue weighted by molar-refractivity contribution is 5.74. The summed E-state index contributed by atoms with van der Waals surface area (Å²) in [6, 6.07) is 17.7. The van der Waals surface area contributed by atoms with Gasteiger partial charge >= 0.3 is 5.97 Å². The predicted octanol–water partition coefficient (Wildman–Crippen LogP) is 6.28. The largest absolute Gasteiger partial charge is 0.457 e. The molecule has 0 radical (unpaired) electrons. The first-order chi connectivity index (χ1) is 13.8. The molecule has 2 aromatic carbocycles. The van der Waals surface area contributed by atoms with Gasteiger partial charge in [0.1, 0.15) is 17.6 Å². The van der Waals surface area contributed by atoms with E-state index >= 15 is 0 Å². The third kappa shape index (κ3) is 6.42. The first-order valence-electron chi connectivity index (χ1n) is 9.27. The molecule has 0 amide bonds. The fourth-order valence-corrected chi connectivity index (χ4v) is 3.13. The van der Waals surface area contributed by atoms with Crippen molar-refractivity contribution >= 4 is 5.97 Å². The highest BCUT2D eigenvalue weighted by atomic mass is 19.3. The fourth-order valence-electron chi connectivity index (χ4n) is 3.13. The molecule has 6 heteroatoms. The van der Waals surface area contributed by atoms with Crippen LogP contribution in [0.15, 0.2) is 66.8 Å². The molecule has 3 atom stereocenters. The van der Waals surface area contributed by atoms with Crippen LogP contribution in [-0.2, 0) is 9.53 Å². The van der Waals surface area contributed by atoms with Gasteiger partial charge in [-0.05, 0) is 42.2 Å². The molecule has 0 saturated carbocycles. The maximum atomic E-state index is 12.6. The Morgan fingerprint density at radius 1 is 1.03 bits per heavy atom. The molecule has 0 aliphatic carbocycles. The van der Waals surface area contributed by atoms with Crippen molar-refractivity contribution in [1.29, 1.82) is 5.26 Å². The van der Waals surface area contributed by atoms with Crippen molar-refractivity contribution in [2.45, 2.75) is 26.9 Å². The Bertz CT molecular complexity index is 886. The standard InChI is InChI=1S/C23H23F2NO3/c1-15(2)22(16(3)12-21(24)25)23(27)29-20(14-26)17-8-7-11-19(13-17)28-18-9-5-4-6-10-18/h4-13,15-16,20,22H,1-3H3. The zero-order valence-electron chi connectivity index (χ0n) is 16.5. The summed E-state index contributed by atoms with van der Waals surface area (Å²) in [5, 5.41) is 9.51. The van der Waals surface area contributed by atoms with Crippen LogP contribution in [0, 0.1) is 29.1 Å². The van der Waals surface area contributed by atoms with Gasteiger partial charge in [-0.25, -0.2) is 0 Å². The summed E-state index contributed by atoms with van der Waals surface area (Å²) in [4.78, 5) is 12.6. The third-order valence-corrected chi connectivity index (χ3v) is 4.44. The van der Waals surface area contributed by atoms with E-state index in [1.165, 1.54) is 6.92 Å². The number of nitrogens with zero attached hydrogens (tertiary/aromatic N) is 1. The summed E-state index contributed by atoms with van der Waals surface area (Å²) in [7, 11) is 0. The van der Waals surface area contributed by atoms with E-state index in [4.69, 9.17) is 9.47 Å². The van der Waals surface area contributed by atoms with Gasteiger partial charge in [-0.3, -0.25) is 4.79 Å². The van der Waals surface area contributed by atoms with Gasteiger partial charge in [0, 0.05) is 5.56 Å². The predicted molar refractivity (Wildman–Crippen MR) is 105 cm³/mol. The smallest absolute Gasteiger partial charge is 0.311 e. The highest BCUT2D eigenvalue weighted by Crippen LogP contribution is 2.30. The van der Waals surface area contributed by atoms with E-state index in [2.05, 4.69) is 0 Å². The fraction of sp³-hybridized carbons (Fsp3) is 0.304. The number of para-hydroxylation sites is 1. The lowest BCUT2D eigenvalue weighted by atomic mass is 9.84. The molecule has 0 aliphatic heterocycles. The molecule has 0 fully saturated rings. The molecular formula is C23H23F2NO3. The number of rotatable bonds is 8. The number of esters is 1. The Balaban J connectivity index is 2.18. The van der Waals surface area contributed by atoms with Gasteiger partial charge < -0.3 is 9.47 Å². The summed E-state index contributed by atoms with van der Waals surface area (Å²) in [6.45, 7) is 5.03. The zero-order valence-corrected chi connectivity index (χ0v) is 16.5. The first kappa shape index (κ1) is 22.1. The van der Waals surface area contributed by atoms with Crippen LogP contribution in [0.3, 0.4) is 0 Å². The molecule has 0 bridgehead atoms. The van der Waals surface area contributed by atoms with Crippen LogP contribution < -0.4 is 4.74 Å². The van der Waals surface area contributed by atoms with E-state index in [0.717, 1.165) is 6.08 Å². The number of nitriles is 1. The lowest BCUT2D eigenvalue weighted by Crippen LogP contribution is -2.29. The van der Waals surface area contributed by atoms with Crippen LogP contribution in [0.5, 0.6) is 11.5 Å². The number of carbonyl (C=O) groups excluding carboxylic acids is 1. The minimum absolute atomic E-state index is 0.236. The van der Waals surface area contributed by atoms with Gasteiger partial charge in [0.15, 0.2) is 0 Å². The molecule has 152 valence electrons. The number of hydrogen-bond donors (Lipinski definition) is 0. The van der Waals surface area contributed by atoms with Gasteiger partial charge in [-0.1, -0.05) is 51.1 Å². The monoisotopic (exact) mass is 399 g/mol. The molecule has 4 nitrogen and oxygen atoms in total. The van der Waals surface area contributed by atoms with Crippen molar-refractivity contribution < 1.29 is 23.0 Å². The van der Waals surface area contributed by atoms with Crippen LogP contribution in [0.2, 0.25) is 0 Å². The molecule has 2 aromatic rings. The topological polar surface area (TPSA) is 59.3 Å². The van der Waals surface area contributed by atoms with E-state index in [1.807, 2.05) is 24.3 Å². The maximum Gasteiger partial charge on any atom is 0.311 e. The highest BCUT2D eigenvalue weighted by Gasteiger charge is 2.31. The second kappa shape index (κ2) is 10.4. The second-order valence-corrected chi connectivity index (χ2v) is 7.02. The van der Waals surface area contributed by atoms with Crippen LogP contribution >= 0.6 is 0 Å². The van der Waals surface area contributed by atoms with Crippen LogP contribution in [0.1, 0.15) is 32.4 Å². The third-order valence-electron chi connectivity index (χ3n) is 4.44. The van der Waals surface area contributed by atoms with Crippen molar-refractivity contribution in [2.24, 2.45) is 17.8 Å². The Morgan fingerprint density at radius 3 is 2.28 bits per heavy atom. The van der Waals surface area contributed by atoms with Gasteiger partial charge in [-0.15, -0.1) is 0 Å². The Hall–Kier alpha value is -3.20. The number of carbonyl (C=O) groups is 1. The molecule has 0 spiro atoms. The van der Waals surface area contributed by atoms with Crippen molar-refractivity contribution in [1.82, 2.24) is 0 Å². The SMILES string of the molecule is CC(C)C(C(=O)OC(C#N)c1cccc(Oc2ccccc2)c1)C(C)C=C(F)F. The lowest BCUT2D eigenvalue weighted by molar-refractivity contribution is -0.155. The van der Waals surface area contributed by atoms with Gasteiger partial charge in [0.25, 0.3) is 6.08 Å². The quantitative estimate of drug-likeness (QED) is 0.491. The van der Waals surface area contributed by atoms with Crippen LogP contribution in [0.25, 0.3) is 0 Å². The van der Waals surface area contributed by atoms with Crippen molar-refractivity contribution in [3.63, 3.8) is 0 Å². The van der Waals surface area contributed by atoms with E-state index < -0.39 is 30.0 Å². The number of benzene rings is 2. The molecule has 0 aromatic heterocycles. The number of allylic oxidation sites excluding steroid dienone is 1. The molecule has 2 rings (SSSR count). The molecule has 0 heterocycles. The summed E-state index contributed by atoms with van der Waals surface area (Å²) in [5.41, 5.74) is 0.441. The molecule has 0 saturated heterocycles. The number of halogens is 2. The number of ether oxygens (including phenoxy) is 2. The van der Waals surface area contributed by atoms with Crippen LogP contribution in [-0.4, -0.2) is 5.97 Å². The average molecular weight is 399 g/mol. The van der Waals surface area contributed by atoms with E-state index in [-0.39, 0.29) is 5.92 Å². The van der Waals surface area contributed by atoms with Gasteiger partial charge in [0.05, 0.1) is 5.92 Å². The molecule has 0 aliphatic rings. The average Bonchev–Trinajstić information content (AvgIpc) is 2.66. The van der Waals surface area contributed by atoms with Crippen LogP contribution in [0.4, 0.5) is 8.78 Å². The molecule has 29 heavy (non-hydrogen) atoms. The van der Waals surface area contributed by atoms with Gasteiger partial charge in [-0.2, -0.15) is 14.0 Å². The van der Waals surface area contributed by atoms with Gasteiger partial charge in [0.2, 0.25) is 6.10 Å². The van der Waals surface area contributed by atoms with E-state index in [1.54, 1.807) is 50.2 Å². The van der Waals surface area contributed by atoms with Crippen molar-refractivity contribution in [2.75, 3.05) is 0 Å². The Kier molecular flexibility index (Phi) is 7.90. The zero-order chi connectivity index (χ0) is 21.4. The lowest BCUT2D eigenvalue weighted by Gasteiger charge is -2.24. The molecule has 0 N–H and O–H groups in total. The van der Waals surface area contributed by atoms with Crippen molar-refractivity contribution in [3.05, 3.63) is 72.3 Å². The second-order valence-electron chi connectivity index (χ2n) is 7.02. The summed E-state index contributed by atoms with van der Waals surface area (Å²) < 4.78 is 36.4. The number of hydrogen-bond acceptors (Lipinski definition) is 4. The maximum absolute atomic E-state index is 12.6. The first-order valence-corrected chi connectivity index (χ1v) is 9.27. The Morgan fingerprint density at radius 2 is 1.69 bits per heavy atom. The minimum Gasteiger partial charge on any atom is -0.457 e. The summed E-state index contributed by atoms with van der Waals surface area (Å²) >= 11 is 0. The Labute approximate surface area is 169 Å². The van der Waals surface area contributed by atoms with Crippen molar-refractivity contribution in [3.8, 4) is 17.6 Å².